The van der Waals surface area contributed by atoms with Crippen LogP contribution in [0.15, 0.2) is 23.4 Å². The number of rotatable bonds is 6. The van der Waals surface area contributed by atoms with Gasteiger partial charge in [-0.1, -0.05) is 12.1 Å². The Bertz CT molecular complexity index is 429. The van der Waals surface area contributed by atoms with Crippen LogP contribution in [0.1, 0.15) is 30.9 Å². The highest BCUT2D eigenvalue weighted by Gasteiger charge is 2.18. The molecule has 0 spiro atoms. The van der Waals surface area contributed by atoms with E-state index in [0.717, 1.165) is 42.9 Å². The first-order valence-electron chi connectivity index (χ1n) is 6.40. The van der Waals surface area contributed by atoms with Crippen LogP contribution in [0.3, 0.4) is 0 Å². The Balaban J connectivity index is 1.88. The lowest BCUT2D eigenvalue weighted by Crippen LogP contribution is -2.07. The van der Waals surface area contributed by atoms with E-state index in [1.807, 2.05) is 18.2 Å². The van der Waals surface area contributed by atoms with Crippen molar-refractivity contribution in [2.45, 2.75) is 26.2 Å². The average molecular weight is 249 g/mol. The molecule has 0 saturated heterocycles. The van der Waals surface area contributed by atoms with E-state index in [0.29, 0.717) is 13.2 Å². The number of hydrogen-bond donors (Lipinski definition) is 1. The molecule has 0 aliphatic heterocycles. The minimum atomic E-state index is 0.569. The predicted octanol–water partition coefficient (Wildman–Crippen LogP) is 2.62. The fourth-order valence-corrected chi connectivity index (χ4v) is 2.10. The van der Waals surface area contributed by atoms with Crippen molar-refractivity contribution >= 4 is 5.71 Å². The minimum absolute atomic E-state index is 0.569. The molecular weight excluding hydrogens is 230 g/mol. The Morgan fingerprint density at radius 3 is 2.89 bits per heavy atom. The second kappa shape index (κ2) is 6.40. The van der Waals surface area contributed by atoms with E-state index in [4.69, 9.17) is 14.7 Å². The van der Waals surface area contributed by atoms with Crippen LogP contribution in [0.5, 0.6) is 5.75 Å². The van der Waals surface area contributed by atoms with Crippen molar-refractivity contribution in [3.63, 3.8) is 0 Å². The molecule has 0 aromatic heterocycles. The molecule has 0 saturated carbocycles. The Hall–Kier alpha value is -1.55. The molecule has 1 aromatic rings. The van der Waals surface area contributed by atoms with Crippen molar-refractivity contribution in [3.8, 4) is 5.75 Å². The first-order chi connectivity index (χ1) is 8.85. The first-order valence-corrected chi connectivity index (χ1v) is 6.40. The van der Waals surface area contributed by atoms with Crippen molar-refractivity contribution in [2.75, 3.05) is 19.8 Å². The highest BCUT2D eigenvalue weighted by atomic mass is 16.5. The van der Waals surface area contributed by atoms with Crippen molar-refractivity contribution in [1.29, 1.82) is 0 Å². The standard InChI is InChI=1S/C14H19NO3/c1-2-7-17-8-9-18-12-4-5-13-11(10-12)3-6-14(13)15-16/h4-5,10,16H,2-3,6-9H2,1H3/b15-14+. The third-order valence-electron chi connectivity index (χ3n) is 2.98. The van der Waals surface area contributed by atoms with Gasteiger partial charge < -0.3 is 14.7 Å². The van der Waals surface area contributed by atoms with Gasteiger partial charge in [-0.05, 0) is 43.0 Å². The Morgan fingerprint density at radius 1 is 1.22 bits per heavy atom. The summed E-state index contributed by atoms with van der Waals surface area (Å²) in [6.07, 6.45) is 2.75. The number of nitrogens with zero attached hydrogens (tertiary/aromatic N) is 1. The molecule has 4 nitrogen and oxygen atoms in total. The van der Waals surface area contributed by atoms with E-state index in [2.05, 4.69) is 12.1 Å². The number of oxime groups is 1. The first kappa shape index (κ1) is 12.9. The number of hydrogen-bond acceptors (Lipinski definition) is 4. The van der Waals surface area contributed by atoms with Gasteiger partial charge in [0.15, 0.2) is 0 Å². The number of aryl methyl sites for hydroxylation is 1. The lowest BCUT2D eigenvalue weighted by molar-refractivity contribution is 0.101. The predicted molar refractivity (Wildman–Crippen MR) is 69.7 cm³/mol. The van der Waals surface area contributed by atoms with Gasteiger partial charge in [-0.3, -0.25) is 0 Å². The molecule has 0 bridgehead atoms. The van der Waals surface area contributed by atoms with Crippen molar-refractivity contribution < 1.29 is 14.7 Å². The van der Waals surface area contributed by atoms with Gasteiger partial charge in [-0.15, -0.1) is 0 Å². The smallest absolute Gasteiger partial charge is 0.119 e. The zero-order valence-electron chi connectivity index (χ0n) is 10.7. The topological polar surface area (TPSA) is 51.0 Å². The summed E-state index contributed by atoms with van der Waals surface area (Å²) in [7, 11) is 0. The monoisotopic (exact) mass is 249 g/mol. The van der Waals surface area contributed by atoms with Crippen LogP contribution in [-0.4, -0.2) is 30.7 Å². The zero-order chi connectivity index (χ0) is 12.8. The van der Waals surface area contributed by atoms with Crippen molar-refractivity contribution in [3.05, 3.63) is 29.3 Å². The van der Waals surface area contributed by atoms with E-state index < -0.39 is 0 Å². The summed E-state index contributed by atoms with van der Waals surface area (Å²) >= 11 is 0. The summed E-state index contributed by atoms with van der Waals surface area (Å²) in [6, 6.07) is 5.89. The van der Waals surface area contributed by atoms with E-state index >= 15 is 0 Å². The number of fused-ring (bicyclic) bond motifs is 1. The highest BCUT2D eigenvalue weighted by molar-refractivity contribution is 6.04. The number of benzene rings is 1. The Labute approximate surface area is 107 Å². The summed E-state index contributed by atoms with van der Waals surface area (Å²) in [6.45, 7) is 4.06. The van der Waals surface area contributed by atoms with E-state index in [1.165, 1.54) is 5.56 Å². The van der Waals surface area contributed by atoms with Crippen LogP contribution in [0.4, 0.5) is 0 Å². The highest BCUT2D eigenvalue weighted by Crippen LogP contribution is 2.26. The molecular formula is C14H19NO3. The van der Waals surface area contributed by atoms with Gasteiger partial charge in [0.1, 0.15) is 12.4 Å². The molecule has 0 radical (unpaired) electrons. The maximum atomic E-state index is 8.85. The van der Waals surface area contributed by atoms with E-state index in [9.17, 15) is 0 Å². The fourth-order valence-electron chi connectivity index (χ4n) is 2.10. The molecule has 0 atom stereocenters. The maximum absolute atomic E-state index is 8.85. The summed E-state index contributed by atoms with van der Waals surface area (Å²) in [5.41, 5.74) is 2.99. The summed E-state index contributed by atoms with van der Waals surface area (Å²) in [5, 5.41) is 12.2. The summed E-state index contributed by atoms with van der Waals surface area (Å²) in [5.74, 6) is 0.855. The second-order valence-electron chi connectivity index (χ2n) is 4.33. The molecule has 0 amide bonds. The maximum Gasteiger partial charge on any atom is 0.119 e. The summed E-state index contributed by atoms with van der Waals surface area (Å²) < 4.78 is 11.0. The molecule has 1 aliphatic rings. The quantitative estimate of drug-likeness (QED) is 0.479. The lowest BCUT2D eigenvalue weighted by Gasteiger charge is -2.08. The SMILES string of the molecule is CCCOCCOc1ccc2c(c1)CC/C2=N\O. The third kappa shape index (κ3) is 3.01. The molecule has 98 valence electrons. The molecule has 0 heterocycles. The molecule has 1 N–H and O–H groups in total. The van der Waals surface area contributed by atoms with Crippen molar-refractivity contribution in [2.24, 2.45) is 5.16 Å². The lowest BCUT2D eigenvalue weighted by atomic mass is 10.1. The zero-order valence-corrected chi connectivity index (χ0v) is 10.7. The van der Waals surface area contributed by atoms with E-state index in [-0.39, 0.29) is 0 Å². The Morgan fingerprint density at radius 2 is 2.11 bits per heavy atom. The molecule has 0 unspecified atom stereocenters. The van der Waals surface area contributed by atoms with Crippen molar-refractivity contribution in [1.82, 2.24) is 0 Å². The molecule has 2 rings (SSSR count). The molecule has 1 aliphatic carbocycles. The molecule has 1 aromatic carbocycles. The molecule has 4 heteroatoms. The van der Waals surface area contributed by atoms with Gasteiger partial charge in [0.05, 0.1) is 12.3 Å². The van der Waals surface area contributed by atoms with Crippen LogP contribution in [0.25, 0.3) is 0 Å². The van der Waals surface area contributed by atoms with Gasteiger partial charge >= 0.3 is 0 Å². The third-order valence-corrected chi connectivity index (χ3v) is 2.98. The van der Waals surface area contributed by atoms with Crippen LogP contribution < -0.4 is 4.74 Å². The van der Waals surface area contributed by atoms with Crippen LogP contribution >= 0.6 is 0 Å². The van der Waals surface area contributed by atoms with Crippen LogP contribution in [0, 0.1) is 0 Å². The van der Waals surface area contributed by atoms with Gasteiger partial charge in [0.25, 0.3) is 0 Å². The summed E-state index contributed by atoms with van der Waals surface area (Å²) in [4.78, 5) is 0. The average Bonchev–Trinajstić information content (AvgIpc) is 2.80. The van der Waals surface area contributed by atoms with Gasteiger partial charge in [0, 0.05) is 12.2 Å². The second-order valence-corrected chi connectivity index (χ2v) is 4.33. The van der Waals surface area contributed by atoms with Gasteiger partial charge in [-0.2, -0.15) is 0 Å². The van der Waals surface area contributed by atoms with Gasteiger partial charge in [0.2, 0.25) is 0 Å². The van der Waals surface area contributed by atoms with E-state index in [1.54, 1.807) is 0 Å². The minimum Gasteiger partial charge on any atom is -0.491 e. The largest absolute Gasteiger partial charge is 0.491 e. The normalized spacial score (nSPS) is 15.9. The van der Waals surface area contributed by atoms with Crippen LogP contribution in [-0.2, 0) is 11.2 Å². The van der Waals surface area contributed by atoms with Gasteiger partial charge in [-0.25, -0.2) is 0 Å². The molecule has 18 heavy (non-hydrogen) atoms. The van der Waals surface area contributed by atoms with Crippen LogP contribution in [0.2, 0.25) is 0 Å². The number of ether oxygens (including phenoxy) is 2. The fraction of sp³-hybridized carbons (Fsp3) is 0.500. The molecule has 0 fully saturated rings. The Kier molecular flexibility index (Phi) is 4.59.